The molecule has 0 aliphatic carbocycles. The van der Waals surface area contributed by atoms with Gasteiger partial charge in [-0.15, -0.1) is 0 Å². The average Bonchev–Trinajstić information content (AvgIpc) is 3.10. The Balaban J connectivity index is 3.36. The predicted octanol–water partition coefficient (Wildman–Crippen LogP) is 4.61. The molecular weight excluding hydrogens is 662 g/mol. The fourth-order valence-electron chi connectivity index (χ4n) is 5.16. The van der Waals surface area contributed by atoms with Crippen molar-refractivity contribution in [3.8, 4) is 0 Å². The first kappa shape index (κ1) is 47.9. The molecule has 5 N–H and O–H groups in total. The molecule has 0 saturated heterocycles. The lowest BCUT2D eigenvalue weighted by molar-refractivity contribution is -0.142. The lowest BCUT2D eigenvalue weighted by Gasteiger charge is -2.13. The van der Waals surface area contributed by atoms with Crippen molar-refractivity contribution < 1.29 is 53.2 Å². The van der Waals surface area contributed by atoms with Crippen molar-refractivity contribution in [2.45, 2.75) is 147 Å². The van der Waals surface area contributed by atoms with E-state index < -0.39 is 23.9 Å². The third kappa shape index (κ3) is 36.5. The van der Waals surface area contributed by atoms with E-state index in [9.17, 15) is 28.8 Å². The number of aliphatic carboxylic acids is 2. The molecule has 0 aromatic carbocycles. The first-order valence-electron chi connectivity index (χ1n) is 19.1. The van der Waals surface area contributed by atoms with Gasteiger partial charge < -0.3 is 40.4 Å². The van der Waals surface area contributed by atoms with Crippen LogP contribution in [-0.4, -0.2) is 105 Å². The zero-order valence-corrected chi connectivity index (χ0v) is 30.9. The Hall–Kier alpha value is -3.10. The first-order chi connectivity index (χ1) is 24.8. The Labute approximate surface area is 304 Å². The number of carboxylic acid groups (broad SMARTS) is 2. The summed E-state index contributed by atoms with van der Waals surface area (Å²) >= 11 is 0. The molecule has 14 heteroatoms. The summed E-state index contributed by atoms with van der Waals surface area (Å²) < 4.78 is 16.5. The number of nitrogens with one attached hydrogen (secondary N) is 3. The molecule has 1 atom stereocenters. The second kappa shape index (κ2) is 36.7. The molecule has 0 spiro atoms. The fraction of sp³-hybridized carbons (Fsp3) is 0.838. The lowest BCUT2D eigenvalue weighted by Crippen LogP contribution is -2.41. The summed E-state index contributed by atoms with van der Waals surface area (Å²) in [5.74, 6) is -2.73. The van der Waals surface area contributed by atoms with E-state index in [1.807, 2.05) is 0 Å². The predicted molar refractivity (Wildman–Crippen MR) is 193 cm³/mol. The number of carboxylic acids is 2. The van der Waals surface area contributed by atoms with E-state index in [1.165, 1.54) is 57.8 Å². The minimum absolute atomic E-state index is 0.0501. The topological polar surface area (TPSA) is 207 Å². The van der Waals surface area contributed by atoms with Gasteiger partial charge in [-0.05, 0) is 32.1 Å². The van der Waals surface area contributed by atoms with E-state index in [0.29, 0.717) is 72.0 Å². The number of carbonyl (C=O) groups excluding carboxylic acids is 4. The van der Waals surface area contributed by atoms with Gasteiger partial charge in [0.1, 0.15) is 6.04 Å². The average molecular weight is 729 g/mol. The summed E-state index contributed by atoms with van der Waals surface area (Å²) in [6, 6.07) is -1.18. The number of hydrogen-bond acceptors (Lipinski definition) is 9. The second-order valence-electron chi connectivity index (χ2n) is 12.7. The molecule has 0 rings (SSSR count). The minimum atomic E-state index is -1.24. The van der Waals surface area contributed by atoms with Gasteiger partial charge in [0.15, 0.2) is 6.29 Å². The summed E-state index contributed by atoms with van der Waals surface area (Å²) in [6.45, 7) is 3.71. The standard InChI is InChI=1S/C37H66N3O11/c41-25-15-18-32(37(47)48)40-35(44)22-21-34(43)39-24-17-27-50-29-31-51-30-28-49-26-16-23-38-33(42)19-13-11-9-7-5-3-1-2-4-6-8-10-12-14-20-36(45)46/h32H,1-24,26-31H2,(H,38,42)(H,39,43)(H,40,44)(H,45,46)(H,47,48)/t32-/m0/s1. The molecule has 1 radical (unpaired) electrons. The zero-order chi connectivity index (χ0) is 37.6. The quantitative estimate of drug-likeness (QED) is 0.0552. The number of amides is 3. The normalized spacial score (nSPS) is 11.5. The Morgan fingerprint density at radius 1 is 0.490 bits per heavy atom. The Bertz CT molecular complexity index is 920. The van der Waals surface area contributed by atoms with Gasteiger partial charge in [-0.2, -0.15) is 0 Å². The van der Waals surface area contributed by atoms with Crippen molar-refractivity contribution in [1.82, 2.24) is 16.0 Å². The number of ether oxygens (including phenoxy) is 3. The van der Waals surface area contributed by atoms with E-state index in [0.717, 1.165) is 38.5 Å². The van der Waals surface area contributed by atoms with E-state index in [2.05, 4.69) is 16.0 Å². The number of rotatable bonds is 39. The van der Waals surface area contributed by atoms with Crippen molar-refractivity contribution in [1.29, 1.82) is 0 Å². The summed E-state index contributed by atoms with van der Waals surface area (Å²) in [4.78, 5) is 67.6. The molecule has 0 bridgehead atoms. The zero-order valence-electron chi connectivity index (χ0n) is 30.9. The highest BCUT2D eigenvalue weighted by Gasteiger charge is 2.19. The lowest BCUT2D eigenvalue weighted by atomic mass is 10.0. The van der Waals surface area contributed by atoms with Gasteiger partial charge >= 0.3 is 11.9 Å². The van der Waals surface area contributed by atoms with Crippen molar-refractivity contribution in [3.05, 3.63) is 0 Å². The molecule has 0 fully saturated rings. The van der Waals surface area contributed by atoms with Crippen LogP contribution in [0, 0.1) is 0 Å². The molecule has 14 nitrogen and oxygen atoms in total. The number of hydrogen-bond donors (Lipinski definition) is 5. The van der Waals surface area contributed by atoms with Crippen LogP contribution in [0.2, 0.25) is 0 Å². The van der Waals surface area contributed by atoms with Gasteiger partial charge in [0.05, 0.1) is 26.4 Å². The van der Waals surface area contributed by atoms with Crippen LogP contribution in [0.15, 0.2) is 0 Å². The largest absolute Gasteiger partial charge is 0.481 e. The van der Waals surface area contributed by atoms with Crippen LogP contribution >= 0.6 is 0 Å². The Morgan fingerprint density at radius 2 is 0.882 bits per heavy atom. The molecule has 295 valence electrons. The van der Waals surface area contributed by atoms with Crippen LogP contribution in [0.4, 0.5) is 0 Å². The monoisotopic (exact) mass is 728 g/mol. The number of carbonyl (C=O) groups is 5. The smallest absolute Gasteiger partial charge is 0.326 e. The highest BCUT2D eigenvalue weighted by molar-refractivity contribution is 5.87. The summed E-state index contributed by atoms with van der Waals surface area (Å²) in [5.41, 5.74) is 0. The summed E-state index contributed by atoms with van der Waals surface area (Å²) in [5, 5.41) is 25.6. The molecule has 0 aliphatic rings. The third-order valence-corrected chi connectivity index (χ3v) is 8.11. The van der Waals surface area contributed by atoms with E-state index in [4.69, 9.17) is 24.4 Å². The highest BCUT2D eigenvalue weighted by atomic mass is 16.5. The van der Waals surface area contributed by atoms with Gasteiger partial charge in [-0.25, -0.2) is 4.79 Å². The SMILES string of the molecule is O=[C]CC[C@H](NC(=O)CCC(=O)NCCCOCCOCCOCCCNC(=O)CCCCCCCCCCCCCCCCC(=O)O)C(=O)O. The minimum Gasteiger partial charge on any atom is -0.481 e. The first-order valence-corrected chi connectivity index (χ1v) is 19.1. The third-order valence-electron chi connectivity index (χ3n) is 8.11. The van der Waals surface area contributed by atoms with Gasteiger partial charge in [0, 0.05) is 58.4 Å². The van der Waals surface area contributed by atoms with Crippen molar-refractivity contribution in [2.75, 3.05) is 52.7 Å². The van der Waals surface area contributed by atoms with Crippen LogP contribution in [-0.2, 0) is 43.0 Å². The fourth-order valence-corrected chi connectivity index (χ4v) is 5.16. The van der Waals surface area contributed by atoms with Crippen molar-refractivity contribution in [3.63, 3.8) is 0 Å². The molecule has 0 heterocycles. The van der Waals surface area contributed by atoms with Crippen LogP contribution in [0.25, 0.3) is 0 Å². The van der Waals surface area contributed by atoms with Crippen LogP contribution in [0.3, 0.4) is 0 Å². The van der Waals surface area contributed by atoms with Crippen LogP contribution in [0.5, 0.6) is 0 Å². The molecule has 0 unspecified atom stereocenters. The molecule has 3 amide bonds. The maximum Gasteiger partial charge on any atom is 0.326 e. The maximum atomic E-state index is 12.0. The molecule has 51 heavy (non-hydrogen) atoms. The van der Waals surface area contributed by atoms with Gasteiger partial charge in [-0.1, -0.05) is 77.0 Å². The van der Waals surface area contributed by atoms with Crippen molar-refractivity contribution in [2.24, 2.45) is 0 Å². The van der Waals surface area contributed by atoms with E-state index in [1.54, 1.807) is 6.29 Å². The summed E-state index contributed by atoms with van der Waals surface area (Å²) in [6.07, 6.45) is 19.7. The van der Waals surface area contributed by atoms with Crippen LogP contribution < -0.4 is 16.0 Å². The maximum absolute atomic E-state index is 12.0. The van der Waals surface area contributed by atoms with E-state index in [-0.39, 0.29) is 37.5 Å². The molecule has 0 aromatic heterocycles. The van der Waals surface area contributed by atoms with Gasteiger partial charge in [0.2, 0.25) is 17.7 Å². The summed E-state index contributed by atoms with van der Waals surface area (Å²) in [7, 11) is 0. The van der Waals surface area contributed by atoms with E-state index >= 15 is 0 Å². The number of unbranched alkanes of at least 4 members (excludes halogenated alkanes) is 13. The molecule has 0 saturated carbocycles. The van der Waals surface area contributed by atoms with Gasteiger partial charge in [0.25, 0.3) is 0 Å². The van der Waals surface area contributed by atoms with Crippen LogP contribution in [0.1, 0.15) is 141 Å². The highest BCUT2D eigenvalue weighted by Crippen LogP contribution is 2.14. The Morgan fingerprint density at radius 3 is 1.31 bits per heavy atom. The molecule has 0 aliphatic heterocycles. The molecule has 0 aromatic rings. The molecular formula is C37H66N3O11. The van der Waals surface area contributed by atoms with Gasteiger partial charge in [-0.3, -0.25) is 24.0 Å². The Kier molecular flexibility index (Phi) is 34.5. The second-order valence-corrected chi connectivity index (χ2v) is 12.7. The van der Waals surface area contributed by atoms with Crippen molar-refractivity contribution >= 4 is 35.9 Å².